The Hall–Kier alpha value is -0.120. The van der Waals surface area contributed by atoms with Crippen molar-refractivity contribution in [3.05, 3.63) is 0 Å². The Balaban J connectivity index is 2.27. The predicted molar refractivity (Wildman–Crippen MR) is 66.5 cm³/mol. The standard InChI is InChI=1S/C13H27NO2/c1-3-12(4-2)9-14-10-13(5-7-15)6-8-16-11-13/h12,14-15H,3-11H2,1-2H3. The summed E-state index contributed by atoms with van der Waals surface area (Å²) in [5.74, 6) is 0.786. The van der Waals surface area contributed by atoms with Gasteiger partial charge in [0, 0.05) is 25.2 Å². The highest BCUT2D eigenvalue weighted by molar-refractivity contribution is 4.85. The molecule has 0 bridgehead atoms. The first-order chi connectivity index (χ1) is 7.76. The summed E-state index contributed by atoms with van der Waals surface area (Å²) in [5.41, 5.74) is 0.195. The van der Waals surface area contributed by atoms with E-state index in [-0.39, 0.29) is 12.0 Å². The van der Waals surface area contributed by atoms with Gasteiger partial charge in [-0.25, -0.2) is 0 Å². The molecule has 0 amide bonds. The highest BCUT2D eigenvalue weighted by Crippen LogP contribution is 2.31. The second kappa shape index (κ2) is 7.25. The quantitative estimate of drug-likeness (QED) is 0.667. The molecule has 1 rings (SSSR count). The van der Waals surface area contributed by atoms with E-state index in [2.05, 4.69) is 19.2 Å². The number of aliphatic hydroxyl groups is 1. The van der Waals surface area contributed by atoms with Crippen LogP contribution in [-0.4, -0.2) is 38.0 Å². The third-order valence-electron chi connectivity index (χ3n) is 3.91. The summed E-state index contributed by atoms with van der Waals surface area (Å²) in [7, 11) is 0. The molecule has 0 aromatic heterocycles. The minimum absolute atomic E-state index is 0.195. The molecule has 1 saturated heterocycles. The normalized spacial score (nSPS) is 25.5. The second-order valence-electron chi connectivity index (χ2n) is 5.09. The summed E-state index contributed by atoms with van der Waals surface area (Å²) in [6.07, 6.45) is 4.44. The zero-order chi connectivity index (χ0) is 11.9. The number of rotatable bonds is 8. The SMILES string of the molecule is CCC(CC)CNCC1(CCO)CCOC1. The smallest absolute Gasteiger partial charge is 0.0536 e. The Kier molecular flexibility index (Phi) is 6.32. The molecule has 0 aromatic carbocycles. The minimum atomic E-state index is 0.195. The van der Waals surface area contributed by atoms with E-state index in [0.29, 0.717) is 0 Å². The van der Waals surface area contributed by atoms with E-state index in [4.69, 9.17) is 9.84 Å². The third-order valence-corrected chi connectivity index (χ3v) is 3.91. The molecule has 1 heterocycles. The fourth-order valence-corrected chi connectivity index (χ4v) is 2.43. The van der Waals surface area contributed by atoms with Crippen LogP contribution >= 0.6 is 0 Å². The van der Waals surface area contributed by atoms with Gasteiger partial charge in [-0.3, -0.25) is 0 Å². The maximum Gasteiger partial charge on any atom is 0.0536 e. The van der Waals surface area contributed by atoms with Gasteiger partial charge in [-0.1, -0.05) is 26.7 Å². The highest BCUT2D eigenvalue weighted by atomic mass is 16.5. The molecule has 1 unspecified atom stereocenters. The lowest BCUT2D eigenvalue weighted by atomic mass is 9.84. The summed E-state index contributed by atoms with van der Waals surface area (Å²) >= 11 is 0. The molecular weight excluding hydrogens is 202 g/mol. The Morgan fingerprint density at radius 1 is 1.38 bits per heavy atom. The molecule has 0 radical (unpaired) electrons. The number of aliphatic hydroxyl groups excluding tert-OH is 1. The molecule has 16 heavy (non-hydrogen) atoms. The molecule has 3 nitrogen and oxygen atoms in total. The molecule has 1 aliphatic rings. The Labute approximate surface area is 99.6 Å². The molecule has 1 fully saturated rings. The van der Waals surface area contributed by atoms with Crippen LogP contribution < -0.4 is 5.32 Å². The van der Waals surface area contributed by atoms with Crippen molar-refractivity contribution in [3.8, 4) is 0 Å². The Morgan fingerprint density at radius 2 is 2.12 bits per heavy atom. The number of ether oxygens (including phenoxy) is 1. The van der Waals surface area contributed by atoms with Crippen molar-refractivity contribution >= 4 is 0 Å². The zero-order valence-electron chi connectivity index (χ0n) is 10.8. The average molecular weight is 229 g/mol. The van der Waals surface area contributed by atoms with Crippen LogP contribution in [0.2, 0.25) is 0 Å². The van der Waals surface area contributed by atoms with E-state index in [9.17, 15) is 0 Å². The molecule has 0 aliphatic carbocycles. The van der Waals surface area contributed by atoms with E-state index in [1.165, 1.54) is 12.8 Å². The van der Waals surface area contributed by atoms with Crippen molar-refractivity contribution < 1.29 is 9.84 Å². The molecule has 0 aromatic rings. The first kappa shape index (κ1) is 13.9. The van der Waals surface area contributed by atoms with Gasteiger partial charge in [0.2, 0.25) is 0 Å². The molecule has 2 N–H and O–H groups in total. The first-order valence-corrected chi connectivity index (χ1v) is 6.65. The second-order valence-corrected chi connectivity index (χ2v) is 5.09. The van der Waals surface area contributed by atoms with Gasteiger partial charge in [-0.2, -0.15) is 0 Å². The van der Waals surface area contributed by atoms with Crippen LogP contribution in [-0.2, 0) is 4.74 Å². The average Bonchev–Trinajstić information content (AvgIpc) is 2.74. The fourth-order valence-electron chi connectivity index (χ4n) is 2.43. The number of hydrogen-bond acceptors (Lipinski definition) is 3. The molecule has 1 atom stereocenters. The van der Waals surface area contributed by atoms with Crippen LogP contribution in [0.5, 0.6) is 0 Å². The van der Waals surface area contributed by atoms with Gasteiger partial charge in [-0.05, 0) is 25.3 Å². The van der Waals surface area contributed by atoms with Gasteiger partial charge in [-0.15, -0.1) is 0 Å². The van der Waals surface area contributed by atoms with Gasteiger partial charge in [0.25, 0.3) is 0 Å². The van der Waals surface area contributed by atoms with Crippen LogP contribution in [0, 0.1) is 11.3 Å². The van der Waals surface area contributed by atoms with Crippen molar-refractivity contribution in [2.45, 2.75) is 39.5 Å². The topological polar surface area (TPSA) is 41.5 Å². The summed E-state index contributed by atoms with van der Waals surface area (Å²) in [6.45, 7) is 8.52. The monoisotopic (exact) mass is 229 g/mol. The van der Waals surface area contributed by atoms with E-state index in [1.54, 1.807) is 0 Å². The lowest BCUT2D eigenvalue weighted by molar-refractivity contribution is 0.123. The molecule has 96 valence electrons. The largest absolute Gasteiger partial charge is 0.396 e. The van der Waals surface area contributed by atoms with E-state index >= 15 is 0 Å². The first-order valence-electron chi connectivity index (χ1n) is 6.65. The van der Waals surface area contributed by atoms with Crippen molar-refractivity contribution in [2.24, 2.45) is 11.3 Å². The molecule has 0 spiro atoms. The number of hydrogen-bond donors (Lipinski definition) is 2. The summed E-state index contributed by atoms with van der Waals surface area (Å²) in [4.78, 5) is 0. The zero-order valence-corrected chi connectivity index (χ0v) is 10.8. The van der Waals surface area contributed by atoms with Crippen LogP contribution in [0.25, 0.3) is 0 Å². The molecular formula is C13H27NO2. The van der Waals surface area contributed by atoms with Gasteiger partial charge in [0.05, 0.1) is 6.61 Å². The van der Waals surface area contributed by atoms with Gasteiger partial charge >= 0.3 is 0 Å². The van der Waals surface area contributed by atoms with Crippen molar-refractivity contribution in [2.75, 3.05) is 32.9 Å². The third kappa shape index (κ3) is 4.04. The number of nitrogens with one attached hydrogen (secondary N) is 1. The van der Waals surface area contributed by atoms with E-state index < -0.39 is 0 Å². The Bertz CT molecular complexity index is 175. The van der Waals surface area contributed by atoms with E-state index in [1.807, 2.05) is 0 Å². The van der Waals surface area contributed by atoms with Gasteiger partial charge in [0.15, 0.2) is 0 Å². The summed E-state index contributed by atoms with van der Waals surface area (Å²) in [6, 6.07) is 0. The molecule has 1 aliphatic heterocycles. The van der Waals surface area contributed by atoms with Crippen molar-refractivity contribution in [1.29, 1.82) is 0 Å². The minimum Gasteiger partial charge on any atom is -0.396 e. The molecule has 3 heteroatoms. The van der Waals surface area contributed by atoms with E-state index in [0.717, 1.165) is 45.1 Å². The Morgan fingerprint density at radius 3 is 2.62 bits per heavy atom. The summed E-state index contributed by atoms with van der Waals surface area (Å²) < 4.78 is 5.47. The lowest BCUT2D eigenvalue weighted by Crippen LogP contribution is -2.37. The van der Waals surface area contributed by atoms with Crippen molar-refractivity contribution in [1.82, 2.24) is 5.32 Å². The van der Waals surface area contributed by atoms with Crippen LogP contribution in [0.3, 0.4) is 0 Å². The molecule has 0 saturated carbocycles. The van der Waals surface area contributed by atoms with Crippen LogP contribution in [0.1, 0.15) is 39.5 Å². The highest BCUT2D eigenvalue weighted by Gasteiger charge is 2.33. The van der Waals surface area contributed by atoms with Gasteiger partial charge in [0.1, 0.15) is 0 Å². The maximum absolute atomic E-state index is 9.11. The maximum atomic E-state index is 9.11. The lowest BCUT2D eigenvalue weighted by Gasteiger charge is -2.27. The summed E-state index contributed by atoms with van der Waals surface area (Å²) in [5, 5.41) is 12.7. The van der Waals surface area contributed by atoms with Crippen molar-refractivity contribution in [3.63, 3.8) is 0 Å². The van der Waals surface area contributed by atoms with Gasteiger partial charge < -0.3 is 15.2 Å². The predicted octanol–water partition coefficient (Wildman–Crippen LogP) is 1.80. The fraction of sp³-hybridized carbons (Fsp3) is 1.00. The van der Waals surface area contributed by atoms with Crippen LogP contribution in [0.4, 0.5) is 0 Å². The van der Waals surface area contributed by atoms with Crippen LogP contribution in [0.15, 0.2) is 0 Å².